The van der Waals surface area contributed by atoms with Crippen molar-refractivity contribution in [3.8, 4) is 11.4 Å². The van der Waals surface area contributed by atoms with Crippen molar-refractivity contribution in [3.63, 3.8) is 0 Å². The molecule has 0 aliphatic carbocycles. The number of rotatable bonds is 3. The number of piperazine rings is 1. The molecule has 1 fully saturated rings. The molecule has 156 valence electrons. The number of anilines is 1. The number of nitrogens with zero attached hydrogens (tertiary/aromatic N) is 4. The molecule has 0 bridgehead atoms. The van der Waals surface area contributed by atoms with Crippen LogP contribution in [0.15, 0.2) is 24.3 Å². The molecule has 1 saturated heterocycles. The Labute approximate surface area is 175 Å². The Morgan fingerprint density at radius 1 is 1.03 bits per heavy atom. The summed E-state index contributed by atoms with van der Waals surface area (Å²) < 4.78 is 0. The van der Waals surface area contributed by atoms with Crippen molar-refractivity contribution in [2.45, 2.75) is 54.4 Å². The summed E-state index contributed by atoms with van der Waals surface area (Å²) in [6.45, 7) is 17.6. The molecular weight excluding hydrogens is 360 g/mol. The summed E-state index contributed by atoms with van der Waals surface area (Å²) in [5, 5.41) is 0. The lowest BCUT2D eigenvalue weighted by molar-refractivity contribution is -0.139. The van der Waals surface area contributed by atoms with Crippen molar-refractivity contribution in [1.82, 2.24) is 14.9 Å². The highest BCUT2D eigenvalue weighted by Crippen LogP contribution is 2.32. The third-order valence-corrected chi connectivity index (χ3v) is 5.48. The Kier molecular flexibility index (Phi) is 5.97. The normalized spacial score (nSPS) is 15.2. The highest BCUT2D eigenvalue weighted by atomic mass is 16.2. The quantitative estimate of drug-likeness (QED) is 0.765. The SMILES string of the molecule is Cc1cccc(-c2nc(C)c(C(C)C)c(N3CCN(C(=O)C(C)(C)C)CC3)n2)c1. The van der Waals surface area contributed by atoms with Crippen molar-refractivity contribution in [1.29, 1.82) is 0 Å². The van der Waals surface area contributed by atoms with E-state index in [1.54, 1.807) is 0 Å². The van der Waals surface area contributed by atoms with E-state index < -0.39 is 0 Å². The molecule has 5 heteroatoms. The van der Waals surface area contributed by atoms with Gasteiger partial charge in [0.25, 0.3) is 0 Å². The highest BCUT2D eigenvalue weighted by molar-refractivity contribution is 5.81. The first kappa shape index (κ1) is 21.3. The van der Waals surface area contributed by atoms with Crippen LogP contribution in [0.5, 0.6) is 0 Å². The zero-order chi connectivity index (χ0) is 21.3. The van der Waals surface area contributed by atoms with Crippen molar-refractivity contribution in [2.24, 2.45) is 5.41 Å². The van der Waals surface area contributed by atoms with E-state index in [4.69, 9.17) is 9.97 Å². The van der Waals surface area contributed by atoms with E-state index >= 15 is 0 Å². The molecule has 3 rings (SSSR count). The maximum atomic E-state index is 12.6. The first-order chi connectivity index (χ1) is 13.6. The zero-order valence-corrected chi connectivity index (χ0v) is 18.9. The van der Waals surface area contributed by atoms with Gasteiger partial charge >= 0.3 is 0 Å². The smallest absolute Gasteiger partial charge is 0.228 e. The fourth-order valence-electron chi connectivity index (χ4n) is 3.99. The molecule has 2 heterocycles. The lowest BCUT2D eigenvalue weighted by atomic mass is 9.94. The topological polar surface area (TPSA) is 49.3 Å². The number of aromatic nitrogens is 2. The number of aryl methyl sites for hydroxylation is 2. The number of hydrogen-bond acceptors (Lipinski definition) is 4. The van der Waals surface area contributed by atoms with Crippen LogP contribution in [0.1, 0.15) is 57.4 Å². The third-order valence-electron chi connectivity index (χ3n) is 5.48. The Morgan fingerprint density at radius 2 is 1.69 bits per heavy atom. The molecule has 29 heavy (non-hydrogen) atoms. The number of carbonyl (C=O) groups is 1. The summed E-state index contributed by atoms with van der Waals surface area (Å²) in [5.41, 5.74) is 4.15. The van der Waals surface area contributed by atoms with Gasteiger partial charge in [-0.1, -0.05) is 58.4 Å². The van der Waals surface area contributed by atoms with Crippen LogP contribution in [0.25, 0.3) is 11.4 Å². The summed E-state index contributed by atoms with van der Waals surface area (Å²) in [4.78, 5) is 26.8. The van der Waals surface area contributed by atoms with Crippen LogP contribution in [0.2, 0.25) is 0 Å². The average molecular weight is 395 g/mol. The van der Waals surface area contributed by atoms with Crippen LogP contribution in [0.4, 0.5) is 5.82 Å². The maximum Gasteiger partial charge on any atom is 0.228 e. The summed E-state index contributed by atoms with van der Waals surface area (Å²) in [6, 6.07) is 8.34. The lowest BCUT2D eigenvalue weighted by Crippen LogP contribution is -2.52. The van der Waals surface area contributed by atoms with Gasteiger partial charge in [-0.15, -0.1) is 0 Å². The molecule has 0 unspecified atom stereocenters. The molecule has 1 aromatic carbocycles. The minimum Gasteiger partial charge on any atom is -0.353 e. The fourth-order valence-corrected chi connectivity index (χ4v) is 3.99. The standard InChI is InChI=1S/C24H34N4O/c1-16(2)20-18(4)25-21(19-10-8-9-17(3)15-19)26-22(20)27-11-13-28(14-12-27)23(29)24(5,6)7/h8-10,15-16H,11-14H2,1-7H3. The minimum atomic E-state index is -0.338. The predicted molar refractivity (Wildman–Crippen MR) is 119 cm³/mol. The van der Waals surface area contributed by atoms with Gasteiger partial charge in [-0.25, -0.2) is 9.97 Å². The van der Waals surface area contributed by atoms with Crippen LogP contribution >= 0.6 is 0 Å². The number of amides is 1. The second-order valence-electron chi connectivity index (χ2n) is 9.42. The van der Waals surface area contributed by atoms with E-state index in [0.29, 0.717) is 5.92 Å². The lowest BCUT2D eigenvalue weighted by Gasteiger charge is -2.39. The summed E-state index contributed by atoms with van der Waals surface area (Å²) in [6.07, 6.45) is 0. The highest BCUT2D eigenvalue weighted by Gasteiger charge is 2.31. The number of benzene rings is 1. The van der Waals surface area contributed by atoms with Crippen molar-refractivity contribution in [3.05, 3.63) is 41.1 Å². The summed E-state index contributed by atoms with van der Waals surface area (Å²) in [7, 11) is 0. The molecule has 0 saturated carbocycles. The molecule has 1 aliphatic heterocycles. The van der Waals surface area contributed by atoms with Gasteiger partial charge in [0.1, 0.15) is 5.82 Å². The number of carbonyl (C=O) groups excluding carboxylic acids is 1. The molecule has 5 nitrogen and oxygen atoms in total. The summed E-state index contributed by atoms with van der Waals surface area (Å²) >= 11 is 0. The molecule has 1 amide bonds. The van der Waals surface area contributed by atoms with E-state index in [2.05, 4.69) is 56.9 Å². The maximum absolute atomic E-state index is 12.6. The minimum absolute atomic E-state index is 0.223. The predicted octanol–water partition coefficient (Wildman–Crippen LogP) is 4.58. The van der Waals surface area contributed by atoms with Crippen molar-refractivity contribution >= 4 is 11.7 Å². The molecule has 1 aliphatic rings. The van der Waals surface area contributed by atoms with E-state index in [1.165, 1.54) is 11.1 Å². The van der Waals surface area contributed by atoms with E-state index in [0.717, 1.165) is 49.1 Å². The molecule has 0 atom stereocenters. The molecular formula is C24H34N4O. The van der Waals surface area contributed by atoms with Gasteiger partial charge in [-0.2, -0.15) is 0 Å². The van der Waals surface area contributed by atoms with Crippen molar-refractivity contribution in [2.75, 3.05) is 31.1 Å². The zero-order valence-electron chi connectivity index (χ0n) is 18.9. The van der Waals surface area contributed by atoms with Crippen LogP contribution in [-0.4, -0.2) is 47.0 Å². The van der Waals surface area contributed by atoms with E-state index in [9.17, 15) is 4.79 Å². The average Bonchev–Trinajstić information content (AvgIpc) is 2.66. The Hall–Kier alpha value is -2.43. The van der Waals surface area contributed by atoms with E-state index in [1.807, 2.05) is 25.7 Å². The van der Waals surface area contributed by atoms with Crippen molar-refractivity contribution < 1.29 is 4.79 Å². The van der Waals surface area contributed by atoms with Crippen LogP contribution in [0.3, 0.4) is 0 Å². The largest absolute Gasteiger partial charge is 0.353 e. The van der Waals surface area contributed by atoms with Gasteiger partial charge in [0.05, 0.1) is 0 Å². The Bertz CT molecular complexity index is 890. The first-order valence-corrected chi connectivity index (χ1v) is 10.6. The molecule has 1 aromatic heterocycles. The fraction of sp³-hybridized carbons (Fsp3) is 0.542. The third kappa shape index (κ3) is 4.60. The van der Waals surface area contributed by atoms with E-state index in [-0.39, 0.29) is 11.3 Å². The van der Waals surface area contributed by atoms with Gasteiger partial charge in [0, 0.05) is 48.4 Å². The van der Waals surface area contributed by atoms with Gasteiger partial charge in [0.15, 0.2) is 5.82 Å². The molecule has 2 aromatic rings. The first-order valence-electron chi connectivity index (χ1n) is 10.6. The molecule has 0 N–H and O–H groups in total. The Balaban J connectivity index is 1.93. The van der Waals surface area contributed by atoms with Gasteiger partial charge in [0.2, 0.25) is 5.91 Å². The van der Waals surface area contributed by atoms with Gasteiger partial charge < -0.3 is 9.80 Å². The second kappa shape index (κ2) is 8.13. The second-order valence-corrected chi connectivity index (χ2v) is 9.42. The van der Waals surface area contributed by atoms with Gasteiger partial charge in [-0.05, 0) is 25.8 Å². The van der Waals surface area contributed by atoms with Crippen LogP contribution < -0.4 is 4.90 Å². The van der Waals surface area contributed by atoms with Gasteiger partial charge in [-0.3, -0.25) is 4.79 Å². The monoisotopic (exact) mass is 394 g/mol. The summed E-state index contributed by atoms with van der Waals surface area (Å²) in [5.74, 6) is 2.36. The van der Waals surface area contributed by atoms with Crippen LogP contribution in [0, 0.1) is 19.3 Å². The number of hydrogen-bond donors (Lipinski definition) is 0. The molecule has 0 spiro atoms. The Morgan fingerprint density at radius 3 is 2.24 bits per heavy atom. The molecule has 0 radical (unpaired) electrons. The van der Waals surface area contributed by atoms with Crippen LogP contribution in [-0.2, 0) is 4.79 Å².